The molecule has 0 bridgehead atoms. The molecule has 2 aromatic rings. The van der Waals surface area contributed by atoms with Crippen molar-refractivity contribution in [1.29, 1.82) is 0 Å². The number of rotatable bonds is 6. The van der Waals surface area contributed by atoms with Gasteiger partial charge in [0, 0.05) is 41.3 Å². The molecule has 0 unspecified atom stereocenters. The molecule has 2 aromatic carbocycles. The fourth-order valence-corrected chi connectivity index (χ4v) is 3.05. The maximum absolute atomic E-state index is 12.7. The quantitative estimate of drug-likeness (QED) is 0.567. The summed E-state index contributed by atoms with van der Waals surface area (Å²) in [5.74, 6) is -0.322. The largest absolute Gasteiger partial charge is 0.377 e. The summed E-state index contributed by atoms with van der Waals surface area (Å²) in [6.07, 6.45) is 2.00. The molecule has 1 aliphatic carbocycles. The highest BCUT2D eigenvalue weighted by molar-refractivity contribution is 6.35. The molecule has 3 rings (SSSR count). The SMILES string of the molecule is CN(Cc1ccc(Cl)cc1Cl)C(=O)c1ccc(NC2CC2)c([N+](=O)[O-])c1. The topological polar surface area (TPSA) is 75.5 Å². The highest BCUT2D eigenvalue weighted by Gasteiger charge is 2.26. The van der Waals surface area contributed by atoms with Gasteiger partial charge in [0.15, 0.2) is 0 Å². The highest BCUT2D eigenvalue weighted by Crippen LogP contribution is 2.32. The van der Waals surface area contributed by atoms with E-state index in [1.54, 1.807) is 37.4 Å². The smallest absolute Gasteiger partial charge is 0.293 e. The Morgan fingerprint density at radius 2 is 2.00 bits per heavy atom. The molecule has 1 fully saturated rings. The maximum atomic E-state index is 12.7. The summed E-state index contributed by atoms with van der Waals surface area (Å²) in [5, 5.41) is 15.4. The van der Waals surface area contributed by atoms with Gasteiger partial charge in [-0.15, -0.1) is 0 Å². The lowest BCUT2D eigenvalue weighted by Gasteiger charge is -2.18. The van der Waals surface area contributed by atoms with E-state index < -0.39 is 4.92 Å². The number of nitro groups is 1. The van der Waals surface area contributed by atoms with Crippen LogP contribution in [0.5, 0.6) is 0 Å². The number of hydrogen-bond acceptors (Lipinski definition) is 4. The first kappa shape index (κ1) is 18.5. The van der Waals surface area contributed by atoms with E-state index in [1.165, 1.54) is 11.0 Å². The van der Waals surface area contributed by atoms with Crippen LogP contribution in [0, 0.1) is 10.1 Å². The first-order valence-corrected chi connectivity index (χ1v) is 8.85. The Morgan fingerprint density at radius 3 is 2.62 bits per heavy atom. The minimum atomic E-state index is -0.475. The van der Waals surface area contributed by atoms with Gasteiger partial charge >= 0.3 is 0 Å². The van der Waals surface area contributed by atoms with E-state index >= 15 is 0 Å². The number of carbonyl (C=O) groups excluding carboxylic acids is 1. The number of nitro benzene ring substituents is 1. The van der Waals surface area contributed by atoms with Crippen LogP contribution in [0.3, 0.4) is 0 Å². The standard InChI is InChI=1S/C18H17Cl2N3O3/c1-22(10-12-2-4-13(19)9-15(12)20)18(24)11-3-7-16(21-14-5-6-14)17(8-11)23(25)26/h2-4,7-9,14,21H,5-6,10H2,1H3. The first-order valence-electron chi connectivity index (χ1n) is 8.09. The van der Waals surface area contributed by atoms with Crippen LogP contribution in [0.2, 0.25) is 10.0 Å². The molecule has 1 N–H and O–H groups in total. The van der Waals surface area contributed by atoms with Gasteiger partial charge in [0.05, 0.1) is 4.92 Å². The van der Waals surface area contributed by atoms with Crippen LogP contribution in [0.1, 0.15) is 28.8 Å². The van der Waals surface area contributed by atoms with Gasteiger partial charge in [-0.3, -0.25) is 14.9 Å². The normalized spacial score (nSPS) is 13.3. The number of halogens is 2. The van der Waals surface area contributed by atoms with Crippen molar-refractivity contribution in [2.24, 2.45) is 0 Å². The minimum absolute atomic E-state index is 0.0966. The monoisotopic (exact) mass is 393 g/mol. The lowest BCUT2D eigenvalue weighted by molar-refractivity contribution is -0.384. The van der Waals surface area contributed by atoms with E-state index in [1.807, 2.05) is 0 Å². The summed E-state index contributed by atoms with van der Waals surface area (Å²) in [7, 11) is 1.62. The van der Waals surface area contributed by atoms with Gasteiger partial charge in [-0.05, 0) is 42.7 Å². The van der Waals surface area contributed by atoms with Crippen molar-refractivity contribution in [3.63, 3.8) is 0 Å². The molecular formula is C18H17Cl2N3O3. The third-order valence-electron chi connectivity index (χ3n) is 4.15. The van der Waals surface area contributed by atoms with Crippen LogP contribution < -0.4 is 5.32 Å². The highest BCUT2D eigenvalue weighted by atomic mass is 35.5. The Labute approximate surface area is 160 Å². The molecule has 0 atom stereocenters. The average molecular weight is 394 g/mol. The zero-order chi connectivity index (χ0) is 18.8. The molecule has 8 heteroatoms. The van der Waals surface area contributed by atoms with Gasteiger partial charge in [0.25, 0.3) is 11.6 Å². The second kappa shape index (κ2) is 7.51. The summed E-state index contributed by atoms with van der Waals surface area (Å²) in [4.78, 5) is 25.0. The van der Waals surface area contributed by atoms with Crippen molar-refractivity contribution in [3.05, 3.63) is 67.7 Å². The predicted molar refractivity (Wildman–Crippen MR) is 102 cm³/mol. The van der Waals surface area contributed by atoms with Crippen molar-refractivity contribution in [3.8, 4) is 0 Å². The molecule has 1 aliphatic rings. The fourth-order valence-electron chi connectivity index (χ4n) is 2.58. The van der Waals surface area contributed by atoms with Crippen LogP contribution in [0.15, 0.2) is 36.4 Å². The molecule has 1 amide bonds. The first-order chi connectivity index (χ1) is 12.3. The van der Waals surface area contributed by atoms with Crippen LogP contribution in [-0.2, 0) is 6.54 Å². The Balaban J connectivity index is 1.79. The lowest BCUT2D eigenvalue weighted by Crippen LogP contribution is -2.26. The number of hydrogen-bond donors (Lipinski definition) is 1. The number of anilines is 1. The number of nitrogens with zero attached hydrogens (tertiary/aromatic N) is 2. The van der Waals surface area contributed by atoms with E-state index in [0.717, 1.165) is 18.4 Å². The van der Waals surface area contributed by atoms with Gasteiger partial charge in [0.1, 0.15) is 5.69 Å². The molecule has 0 saturated heterocycles. The second-order valence-electron chi connectivity index (χ2n) is 6.30. The van der Waals surface area contributed by atoms with Crippen molar-refractivity contribution in [2.45, 2.75) is 25.4 Å². The number of amides is 1. The summed E-state index contributed by atoms with van der Waals surface area (Å²) in [6.45, 7) is 0.269. The number of carbonyl (C=O) groups is 1. The summed E-state index contributed by atoms with van der Waals surface area (Å²) >= 11 is 12.0. The lowest BCUT2D eigenvalue weighted by atomic mass is 10.1. The van der Waals surface area contributed by atoms with E-state index in [2.05, 4.69) is 5.32 Å². The molecule has 0 aliphatic heterocycles. The molecule has 0 aromatic heterocycles. The van der Waals surface area contributed by atoms with Crippen molar-refractivity contribution < 1.29 is 9.72 Å². The van der Waals surface area contributed by atoms with Gasteiger partial charge in [-0.25, -0.2) is 0 Å². The number of nitrogens with one attached hydrogen (secondary N) is 1. The molecule has 0 radical (unpaired) electrons. The predicted octanol–water partition coefficient (Wildman–Crippen LogP) is 4.75. The van der Waals surface area contributed by atoms with E-state index in [0.29, 0.717) is 15.7 Å². The van der Waals surface area contributed by atoms with Crippen LogP contribution >= 0.6 is 23.2 Å². The molecule has 0 spiro atoms. The third-order valence-corrected chi connectivity index (χ3v) is 4.73. The van der Waals surface area contributed by atoms with E-state index in [-0.39, 0.29) is 29.7 Å². The van der Waals surface area contributed by atoms with Crippen molar-refractivity contribution in [1.82, 2.24) is 4.90 Å². The molecule has 6 nitrogen and oxygen atoms in total. The molecule has 0 heterocycles. The molecule has 1 saturated carbocycles. The van der Waals surface area contributed by atoms with Crippen molar-refractivity contribution >= 4 is 40.5 Å². The Hall–Kier alpha value is -2.31. The van der Waals surface area contributed by atoms with Gasteiger partial charge in [-0.1, -0.05) is 29.3 Å². The van der Waals surface area contributed by atoms with Gasteiger partial charge in [0.2, 0.25) is 0 Å². The maximum Gasteiger partial charge on any atom is 0.293 e. The number of benzene rings is 2. The summed E-state index contributed by atoms with van der Waals surface area (Å²) in [5.41, 5.74) is 1.34. The summed E-state index contributed by atoms with van der Waals surface area (Å²) in [6, 6.07) is 9.84. The van der Waals surface area contributed by atoms with Crippen molar-refractivity contribution in [2.75, 3.05) is 12.4 Å². The molecular weight excluding hydrogens is 377 g/mol. The van der Waals surface area contributed by atoms with Crippen LogP contribution in [0.4, 0.5) is 11.4 Å². The van der Waals surface area contributed by atoms with Gasteiger partial charge in [-0.2, -0.15) is 0 Å². The van der Waals surface area contributed by atoms with Crippen LogP contribution in [0.25, 0.3) is 0 Å². The molecule has 136 valence electrons. The second-order valence-corrected chi connectivity index (χ2v) is 7.15. The zero-order valence-corrected chi connectivity index (χ0v) is 15.5. The fraction of sp³-hybridized carbons (Fsp3) is 0.278. The van der Waals surface area contributed by atoms with E-state index in [9.17, 15) is 14.9 Å². The summed E-state index contributed by atoms with van der Waals surface area (Å²) < 4.78 is 0. The third kappa shape index (κ3) is 4.26. The van der Waals surface area contributed by atoms with Crippen LogP contribution in [-0.4, -0.2) is 28.8 Å². The Morgan fingerprint density at radius 1 is 1.27 bits per heavy atom. The Kier molecular flexibility index (Phi) is 5.34. The zero-order valence-electron chi connectivity index (χ0n) is 14.0. The van der Waals surface area contributed by atoms with Gasteiger partial charge < -0.3 is 10.2 Å². The Bertz CT molecular complexity index is 869. The van der Waals surface area contributed by atoms with E-state index in [4.69, 9.17) is 23.2 Å². The average Bonchev–Trinajstić information content (AvgIpc) is 3.41. The molecule has 26 heavy (non-hydrogen) atoms. The minimum Gasteiger partial charge on any atom is -0.377 e.